The second kappa shape index (κ2) is 4.62. The van der Waals surface area contributed by atoms with Gasteiger partial charge in [0.1, 0.15) is 11.6 Å². The van der Waals surface area contributed by atoms with Crippen molar-refractivity contribution in [1.29, 1.82) is 0 Å². The Morgan fingerprint density at radius 2 is 2.21 bits per heavy atom. The topological polar surface area (TPSA) is 21.3 Å². The highest BCUT2D eigenvalue weighted by Crippen LogP contribution is 2.23. The van der Waals surface area contributed by atoms with Crippen molar-refractivity contribution in [3.63, 3.8) is 0 Å². The van der Waals surface area contributed by atoms with Crippen LogP contribution in [0.4, 0.5) is 4.39 Å². The van der Waals surface area contributed by atoms with Crippen molar-refractivity contribution in [2.24, 2.45) is 0 Å². The Kier molecular flexibility index (Phi) is 3.72. The van der Waals surface area contributed by atoms with Gasteiger partial charge in [-0.2, -0.15) is 0 Å². The summed E-state index contributed by atoms with van der Waals surface area (Å²) < 4.78 is 18.4. The summed E-state index contributed by atoms with van der Waals surface area (Å²) in [5, 5.41) is 3.20. The Morgan fingerprint density at radius 3 is 2.93 bits per heavy atom. The third kappa shape index (κ3) is 1.99. The van der Waals surface area contributed by atoms with Crippen molar-refractivity contribution >= 4 is 12.4 Å². The molecule has 4 heteroatoms. The Labute approximate surface area is 88.9 Å². The Hall–Kier alpha value is -0.800. The smallest absolute Gasteiger partial charge is 0.130 e. The monoisotopic (exact) mass is 217 g/mol. The lowest BCUT2D eigenvalue weighted by Crippen LogP contribution is -2.24. The number of benzene rings is 1. The second-order valence-corrected chi connectivity index (χ2v) is 3.17. The number of nitrogens with one attached hydrogen (secondary N) is 1. The van der Waals surface area contributed by atoms with Crippen molar-refractivity contribution < 1.29 is 9.13 Å². The van der Waals surface area contributed by atoms with Crippen LogP contribution in [0.25, 0.3) is 0 Å². The molecule has 0 atom stereocenters. The molecule has 1 aromatic rings. The van der Waals surface area contributed by atoms with E-state index in [0.717, 1.165) is 30.6 Å². The van der Waals surface area contributed by atoms with Crippen LogP contribution in [0.15, 0.2) is 12.1 Å². The molecule has 0 aromatic heterocycles. The lowest BCUT2D eigenvalue weighted by atomic mass is 10.0. The number of hydrogen-bond acceptors (Lipinski definition) is 2. The Morgan fingerprint density at radius 1 is 1.43 bits per heavy atom. The first-order valence-electron chi connectivity index (χ1n) is 4.37. The molecular weight excluding hydrogens is 205 g/mol. The van der Waals surface area contributed by atoms with Gasteiger partial charge in [-0.1, -0.05) is 0 Å². The molecule has 0 radical (unpaired) electrons. The van der Waals surface area contributed by atoms with E-state index in [-0.39, 0.29) is 18.2 Å². The summed E-state index contributed by atoms with van der Waals surface area (Å²) in [4.78, 5) is 0. The molecular formula is C10H13ClFNO. The van der Waals surface area contributed by atoms with Gasteiger partial charge < -0.3 is 10.1 Å². The van der Waals surface area contributed by atoms with Crippen LogP contribution in [0.5, 0.6) is 5.75 Å². The normalized spacial score (nSPS) is 14.1. The number of halogens is 2. The molecule has 0 fully saturated rings. The standard InChI is InChI=1S/C10H12FNO.ClH/c1-13-8-4-7-6-12-3-2-9(7)10(11)5-8;/h4-5,12H,2-3,6H2,1H3;1H. The van der Waals surface area contributed by atoms with E-state index < -0.39 is 0 Å². The van der Waals surface area contributed by atoms with Crippen molar-refractivity contribution in [3.05, 3.63) is 29.1 Å². The van der Waals surface area contributed by atoms with Crippen LogP contribution < -0.4 is 10.1 Å². The van der Waals surface area contributed by atoms with E-state index in [2.05, 4.69) is 5.32 Å². The molecule has 0 unspecified atom stereocenters. The zero-order valence-corrected chi connectivity index (χ0v) is 8.79. The summed E-state index contributed by atoms with van der Waals surface area (Å²) in [5.74, 6) is 0.454. The number of methoxy groups -OCH3 is 1. The van der Waals surface area contributed by atoms with Crippen LogP contribution in [-0.2, 0) is 13.0 Å². The highest BCUT2D eigenvalue weighted by Gasteiger charge is 2.14. The minimum Gasteiger partial charge on any atom is -0.497 e. The molecule has 2 rings (SSSR count). The summed E-state index contributed by atoms with van der Waals surface area (Å²) in [6.07, 6.45) is 0.769. The summed E-state index contributed by atoms with van der Waals surface area (Å²) in [6, 6.07) is 3.34. The van der Waals surface area contributed by atoms with Crippen LogP contribution in [-0.4, -0.2) is 13.7 Å². The van der Waals surface area contributed by atoms with Gasteiger partial charge in [0, 0.05) is 12.6 Å². The minimum atomic E-state index is -0.143. The van der Waals surface area contributed by atoms with Crippen molar-refractivity contribution in [2.75, 3.05) is 13.7 Å². The highest BCUT2D eigenvalue weighted by atomic mass is 35.5. The van der Waals surface area contributed by atoms with Crippen molar-refractivity contribution in [2.45, 2.75) is 13.0 Å². The quantitative estimate of drug-likeness (QED) is 0.776. The fourth-order valence-electron chi connectivity index (χ4n) is 1.66. The van der Waals surface area contributed by atoms with Gasteiger partial charge in [0.25, 0.3) is 0 Å². The maximum Gasteiger partial charge on any atom is 0.130 e. The zero-order chi connectivity index (χ0) is 9.26. The fourth-order valence-corrected chi connectivity index (χ4v) is 1.66. The molecule has 0 saturated carbocycles. The van der Waals surface area contributed by atoms with E-state index in [1.54, 1.807) is 7.11 Å². The van der Waals surface area contributed by atoms with Crippen LogP contribution in [0.1, 0.15) is 11.1 Å². The van der Waals surface area contributed by atoms with Crippen molar-refractivity contribution in [1.82, 2.24) is 5.32 Å². The molecule has 0 amide bonds. The highest BCUT2D eigenvalue weighted by molar-refractivity contribution is 5.85. The summed E-state index contributed by atoms with van der Waals surface area (Å²) >= 11 is 0. The number of hydrogen-bond donors (Lipinski definition) is 1. The van der Waals surface area contributed by atoms with Crippen LogP contribution in [0.2, 0.25) is 0 Å². The lowest BCUT2D eigenvalue weighted by Gasteiger charge is -2.18. The molecule has 0 bridgehead atoms. The van der Waals surface area contributed by atoms with Crippen LogP contribution in [0, 0.1) is 5.82 Å². The van der Waals surface area contributed by atoms with E-state index in [4.69, 9.17) is 4.74 Å². The van der Waals surface area contributed by atoms with Gasteiger partial charge >= 0.3 is 0 Å². The van der Waals surface area contributed by atoms with Gasteiger partial charge in [-0.15, -0.1) is 12.4 Å². The second-order valence-electron chi connectivity index (χ2n) is 3.17. The molecule has 1 heterocycles. The van der Waals surface area contributed by atoms with E-state index >= 15 is 0 Å². The van der Waals surface area contributed by atoms with E-state index in [1.165, 1.54) is 6.07 Å². The van der Waals surface area contributed by atoms with Gasteiger partial charge in [-0.05, 0) is 30.2 Å². The Bertz CT molecular complexity index is 330. The first-order valence-corrected chi connectivity index (χ1v) is 4.37. The van der Waals surface area contributed by atoms with Crippen LogP contribution in [0.3, 0.4) is 0 Å². The molecule has 0 spiro atoms. The molecule has 14 heavy (non-hydrogen) atoms. The SMILES string of the molecule is COc1cc(F)c2c(c1)CNCC2.Cl. The first kappa shape index (κ1) is 11.3. The number of fused-ring (bicyclic) bond motifs is 1. The number of ether oxygens (including phenoxy) is 1. The number of rotatable bonds is 1. The van der Waals surface area contributed by atoms with Gasteiger partial charge in [0.2, 0.25) is 0 Å². The van der Waals surface area contributed by atoms with Gasteiger partial charge in [-0.3, -0.25) is 0 Å². The largest absolute Gasteiger partial charge is 0.497 e. The fraction of sp³-hybridized carbons (Fsp3) is 0.400. The molecule has 0 aliphatic carbocycles. The molecule has 1 aliphatic rings. The zero-order valence-electron chi connectivity index (χ0n) is 7.97. The van der Waals surface area contributed by atoms with Gasteiger partial charge in [-0.25, -0.2) is 4.39 Å². The average molecular weight is 218 g/mol. The molecule has 78 valence electrons. The molecule has 1 N–H and O–H groups in total. The average Bonchev–Trinajstić information content (AvgIpc) is 2.18. The minimum absolute atomic E-state index is 0. The maximum atomic E-state index is 13.4. The first-order chi connectivity index (χ1) is 6.31. The molecule has 2 nitrogen and oxygen atoms in total. The molecule has 0 saturated heterocycles. The third-order valence-corrected chi connectivity index (χ3v) is 2.36. The maximum absolute atomic E-state index is 13.4. The van der Waals surface area contributed by atoms with Crippen molar-refractivity contribution in [3.8, 4) is 5.75 Å². The van der Waals surface area contributed by atoms with Gasteiger partial charge in [0.15, 0.2) is 0 Å². The Balaban J connectivity index is 0.000000980. The third-order valence-electron chi connectivity index (χ3n) is 2.36. The predicted molar refractivity (Wildman–Crippen MR) is 55.6 cm³/mol. The van der Waals surface area contributed by atoms with Gasteiger partial charge in [0.05, 0.1) is 7.11 Å². The van der Waals surface area contributed by atoms with E-state index in [9.17, 15) is 4.39 Å². The van der Waals surface area contributed by atoms with Crippen LogP contribution >= 0.6 is 12.4 Å². The lowest BCUT2D eigenvalue weighted by molar-refractivity contribution is 0.408. The van der Waals surface area contributed by atoms with E-state index in [1.807, 2.05) is 6.07 Å². The summed E-state index contributed by atoms with van der Waals surface area (Å²) in [7, 11) is 1.55. The summed E-state index contributed by atoms with van der Waals surface area (Å²) in [6.45, 7) is 1.60. The molecule has 1 aliphatic heterocycles. The summed E-state index contributed by atoms with van der Waals surface area (Å²) in [5.41, 5.74) is 1.85. The predicted octanol–water partition coefficient (Wildman–Crippen LogP) is 1.90. The van der Waals surface area contributed by atoms with E-state index in [0.29, 0.717) is 5.75 Å². The molecule has 1 aromatic carbocycles.